The molecule has 140 valence electrons. The van der Waals surface area contributed by atoms with Crippen molar-refractivity contribution in [1.29, 1.82) is 0 Å². The summed E-state index contributed by atoms with van der Waals surface area (Å²) in [4.78, 5) is 14.3. The van der Waals surface area contributed by atoms with E-state index in [1.807, 2.05) is 26.0 Å². The van der Waals surface area contributed by atoms with Crippen LogP contribution in [0.1, 0.15) is 21.6 Å². The minimum Gasteiger partial charge on any atom is -0.383 e. The van der Waals surface area contributed by atoms with Crippen molar-refractivity contribution in [3.05, 3.63) is 47.3 Å². The lowest BCUT2D eigenvalue weighted by Crippen LogP contribution is -2.41. The molecular weight excluding hydrogens is 354 g/mol. The van der Waals surface area contributed by atoms with E-state index in [9.17, 15) is 13.2 Å². The van der Waals surface area contributed by atoms with Gasteiger partial charge in [0.2, 0.25) is 0 Å². The van der Waals surface area contributed by atoms with Crippen LogP contribution in [0.3, 0.4) is 0 Å². The van der Waals surface area contributed by atoms with Crippen molar-refractivity contribution in [1.82, 2.24) is 9.47 Å². The van der Waals surface area contributed by atoms with Gasteiger partial charge in [0.25, 0.3) is 15.9 Å². The summed E-state index contributed by atoms with van der Waals surface area (Å²) >= 11 is 0. The molecule has 0 unspecified atom stereocenters. The van der Waals surface area contributed by atoms with Crippen LogP contribution in [0.5, 0.6) is 0 Å². The van der Waals surface area contributed by atoms with Crippen molar-refractivity contribution in [2.45, 2.75) is 25.3 Å². The van der Waals surface area contributed by atoms with E-state index in [4.69, 9.17) is 4.74 Å². The van der Waals surface area contributed by atoms with Crippen molar-refractivity contribution < 1.29 is 17.9 Å². The third-order valence-corrected chi connectivity index (χ3v) is 5.83. The van der Waals surface area contributed by atoms with Crippen molar-refractivity contribution in [2.24, 2.45) is 0 Å². The number of nitrogens with one attached hydrogen (secondary N) is 1. The van der Waals surface area contributed by atoms with E-state index >= 15 is 0 Å². The molecule has 1 N–H and O–H groups in total. The van der Waals surface area contributed by atoms with Crippen LogP contribution in [0.2, 0.25) is 0 Å². The first kappa shape index (κ1) is 18.5. The maximum Gasteiger partial charge on any atom is 0.270 e. The number of nitrogens with zero attached hydrogens (tertiary/aromatic N) is 2. The van der Waals surface area contributed by atoms with Crippen molar-refractivity contribution >= 4 is 21.6 Å². The molecule has 3 rings (SSSR count). The number of sulfonamides is 1. The van der Waals surface area contributed by atoms with Gasteiger partial charge in [0.05, 0.1) is 12.3 Å². The molecule has 0 saturated heterocycles. The summed E-state index contributed by atoms with van der Waals surface area (Å²) in [6.45, 7) is 5.79. The molecule has 26 heavy (non-hydrogen) atoms. The van der Waals surface area contributed by atoms with Gasteiger partial charge in [0.1, 0.15) is 10.6 Å². The van der Waals surface area contributed by atoms with Gasteiger partial charge in [-0.3, -0.25) is 9.52 Å². The summed E-state index contributed by atoms with van der Waals surface area (Å²) in [5, 5.41) is 0. The Kier molecular flexibility index (Phi) is 5.06. The fourth-order valence-corrected chi connectivity index (χ4v) is 4.11. The standard InChI is InChI=1S/C18H23N3O4S/c1-13-4-5-14(2)16(10-13)19-26(23,24)15-11-17-18(22)20(8-9-25-3)6-7-21(17)12-15/h4-5,10-12,19H,6-9H2,1-3H3. The van der Waals surface area contributed by atoms with Crippen LogP contribution >= 0.6 is 0 Å². The van der Waals surface area contributed by atoms with Gasteiger partial charge in [0, 0.05) is 32.9 Å². The lowest BCUT2D eigenvalue weighted by Gasteiger charge is -2.27. The number of hydrogen-bond acceptors (Lipinski definition) is 4. The number of ether oxygens (including phenoxy) is 1. The Hall–Kier alpha value is -2.32. The third-order valence-electron chi connectivity index (χ3n) is 4.50. The first-order valence-corrected chi connectivity index (χ1v) is 9.88. The molecular formula is C18H23N3O4S. The minimum atomic E-state index is -3.77. The first-order chi connectivity index (χ1) is 12.3. The SMILES string of the molecule is COCCN1CCn2cc(S(=O)(=O)Nc3cc(C)ccc3C)cc2C1=O. The average Bonchev–Trinajstić information content (AvgIpc) is 3.03. The number of fused-ring (bicyclic) bond motifs is 1. The molecule has 2 aromatic rings. The quantitative estimate of drug-likeness (QED) is 0.835. The zero-order chi connectivity index (χ0) is 18.9. The molecule has 0 radical (unpaired) electrons. The summed E-state index contributed by atoms with van der Waals surface area (Å²) in [6.07, 6.45) is 1.52. The molecule has 1 amide bonds. The summed E-state index contributed by atoms with van der Waals surface area (Å²) in [5.74, 6) is -0.179. The predicted molar refractivity (Wildman–Crippen MR) is 98.9 cm³/mol. The first-order valence-electron chi connectivity index (χ1n) is 8.40. The summed E-state index contributed by atoms with van der Waals surface area (Å²) in [7, 11) is -2.19. The molecule has 8 heteroatoms. The highest BCUT2D eigenvalue weighted by molar-refractivity contribution is 7.92. The second kappa shape index (κ2) is 7.13. The number of aromatic nitrogens is 1. The van der Waals surface area contributed by atoms with E-state index in [2.05, 4.69) is 4.72 Å². The number of aryl methyl sites for hydroxylation is 2. The van der Waals surface area contributed by atoms with Gasteiger partial charge in [-0.1, -0.05) is 12.1 Å². The number of amides is 1. The van der Waals surface area contributed by atoms with Crippen LogP contribution in [0.25, 0.3) is 0 Å². The largest absolute Gasteiger partial charge is 0.383 e. The molecule has 0 aliphatic carbocycles. The maximum atomic E-state index is 12.8. The van der Waals surface area contributed by atoms with Gasteiger partial charge in [0.15, 0.2) is 0 Å². The Balaban J connectivity index is 1.87. The lowest BCUT2D eigenvalue weighted by molar-refractivity contribution is 0.0641. The van der Waals surface area contributed by atoms with Crippen molar-refractivity contribution in [3.8, 4) is 0 Å². The van der Waals surface area contributed by atoms with Crippen molar-refractivity contribution in [2.75, 3.05) is 31.5 Å². The molecule has 7 nitrogen and oxygen atoms in total. The third kappa shape index (κ3) is 3.61. The number of benzene rings is 1. The highest BCUT2D eigenvalue weighted by Gasteiger charge is 2.28. The van der Waals surface area contributed by atoms with Gasteiger partial charge in [-0.05, 0) is 37.1 Å². The van der Waals surface area contributed by atoms with Crippen LogP contribution in [0.15, 0.2) is 35.4 Å². The molecule has 0 atom stereocenters. The molecule has 0 spiro atoms. The summed E-state index contributed by atoms with van der Waals surface area (Å²) < 4.78 is 34.9. The highest BCUT2D eigenvalue weighted by atomic mass is 32.2. The van der Waals surface area contributed by atoms with E-state index in [0.717, 1.165) is 11.1 Å². The van der Waals surface area contributed by atoms with E-state index in [0.29, 0.717) is 37.6 Å². The van der Waals surface area contributed by atoms with Crippen LogP contribution < -0.4 is 4.72 Å². The number of rotatable bonds is 6. The zero-order valence-corrected chi connectivity index (χ0v) is 16.0. The molecule has 1 aromatic carbocycles. The topological polar surface area (TPSA) is 80.6 Å². The second-order valence-corrected chi connectivity index (χ2v) is 8.15. The Morgan fingerprint density at radius 2 is 1.96 bits per heavy atom. The van der Waals surface area contributed by atoms with Crippen LogP contribution in [0, 0.1) is 13.8 Å². The average molecular weight is 377 g/mol. The highest BCUT2D eigenvalue weighted by Crippen LogP contribution is 2.24. The number of methoxy groups -OCH3 is 1. The molecule has 1 aliphatic rings. The minimum absolute atomic E-state index is 0.0929. The van der Waals surface area contributed by atoms with Gasteiger partial charge >= 0.3 is 0 Å². The molecule has 1 aromatic heterocycles. The molecule has 0 bridgehead atoms. The van der Waals surface area contributed by atoms with E-state index in [-0.39, 0.29) is 10.8 Å². The lowest BCUT2D eigenvalue weighted by atomic mass is 10.1. The van der Waals surface area contributed by atoms with Crippen molar-refractivity contribution in [3.63, 3.8) is 0 Å². The number of anilines is 1. The molecule has 2 heterocycles. The fourth-order valence-electron chi connectivity index (χ4n) is 2.95. The monoisotopic (exact) mass is 377 g/mol. The number of hydrogen-bond donors (Lipinski definition) is 1. The van der Waals surface area contributed by atoms with Gasteiger partial charge in [-0.25, -0.2) is 8.42 Å². The van der Waals surface area contributed by atoms with Crippen LogP contribution in [-0.4, -0.2) is 50.6 Å². The van der Waals surface area contributed by atoms with E-state index < -0.39 is 10.0 Å². The number of carbonyl (C=O) groups is 1. The normalized spacial score (nSPS) is 14.4. The van der Waals surface area contributed by atoms with Crippen LogP contribution in [0.4, 0.5) is 5.69 Å². The van der Waals surface area contributed by atoms with Gasteiger partial charge in [-0.2, -0.15) is 0 Å². The maximum absolute atomic E-state index is 12.8. The Bertz CT molecular complexity index is 934. The summed E-state index contributed by atoms with van der Waals surface area (Å²) in [6, 6.07) is 7.03. The fraction of sp³-hybridized carbons (Fsp3) is 0.389. The zero-order valence-electron chi connectivity index (χ0n) is 15.2. The van der Waals surface area contributed by atoms with E-state index in [1.54, 1.807) is 22.6 Å². The molecule has 0 fully saturated rings. The Labute approximate surface area is 153 Å². The summed E-state index contributed by atoms with van der Waals surface area (Å²) in [5.41, 5.74) is 2.73. The smallest absolute Gasteiger partial charge is 0.270 e. The predicted octanol–water partition coefficient (Wildman–Crippen LogP) is 2.01. The Morgan fingerprint density at radius 1 is 1.19 bits per heavy atom. The van der Waals surface area contributed by atoms with Gasteiger partial charge in [-0.15, -0.1) is 0 Å². The van der Waals surface area contributed by atoms with Gasteiger partial charge < -0.3 is 14.2 Å². The van der Waals surface area contributed by atoms with Crippen LogP contribution in [-0.2, 0) is 21.3 Å². The second-order valence-electron chi connectivity index (χ2n) is 6.46. The van der Waals surface area contributed by atoms with E-state index in [1.165, 1.54) is 12.3 Å². The Morgan fingerprint density at radius 3 is 2.69 bits per heavy atom. The molecule has 1 aliphatic heterocycles. The molecule has 0 saturated carbocycles. The number of carbonyl (C=O) groups excluding carboxylic acids is 1.